The van der Waals surface area contributed by atoms with Gasteiger partial charge in [-0.3, -0.25) is 9.78 Å². The zero-order valence-electron chi connectivity index (χ0n) is 22.0. The van der Waals surface area contributed by atoms with Crippen LogP contribution in [0.2, 0.25) is 0 Å². The normalized spacial score (nSPS) is 12.8. The molecular formula is C30H35N5O2. The number of rotatable bonds is 11. The number of hydrogen-bond donors (Lipinski definition) is 1. The van der Waals surface area contributed by atoms with Crippen molar-refractivity contribution in [3.8, 4) is 28.4 Å². The van der Waals surface area contributed by atoms with Crippen LogP contribution >= 0.6 is 0 Å². The minimum Gasteiger partial charge on any atom is -0.490 e. The average Bonchev–Trinajstić information content (AvgIpc) is 2.93. The van der Waals surface area contributed by atoms with Gasteiger partial charge in [-0.1, -0.05) is 31.5 Å². The van der Waals surface area contributed by atoms with E-state index in [0.717, 1.165) is 47.3 Å². The lowest BCUT2D eigenvalue weighted by Gasteiger charge is -2.18. The van der Waals surface area contributed by atoms with E-state index in [-0.39, 0.29) is 11.6 Å². The first-order valence-corrected chi connectivity index (χ1v) is 12.8. The quantitative estimate of drug-likeness (QED) is 0.303. The van der Waals surface area contributed by atoms with Crippen molar-refractivity contribution < 1.29 is 4.74 Å². The minimum absolute atomic E-state index is 0.0628. The monoisotopic (exact) mass is 497 g/mol. The van der Waals surface area contributed by atoms with E-state index in [4.69, 9.17) is 4.74 Å². The van der Waals surface area contributed by atoms with Gasteiger partial charge < -0.3 is 14.6 Å². The second-order valence-corrected chi connectivity index (χ2v) is 9.40. The van der Waals surface area contributed by atoms with Crippen molar-refractivity contribution >= 4 is 0 Å². The Morgan fingerprint density at radius 1 is 1.03 bits per heavy atom. The molecule has 2 atom stereocenters. The molecule has 0 aliphatic heterocycles. The fraction of sp³-hybridized carbons (Fsp3) is 0.333. The van der Waals surface area contributed by atoms with Crippen molar-refractivity contribution in [2.75, 3.05) is 20.2 Å². The first kappa shape index (κ1) is 26.2. The molecule has 0 bridgehead atoms. The highest BCUT2D eigenvalue weighted by Gasteiger charge is 2.13. The molecule has 4 rings (SSSR count). The summed E-state index contributed by atoms with van der Waals surface area (Å²) in [6.45, 7) is 7.86. The zero-order valence-corrected chi connectivity index (χ0v) is 22.0. The number of hydrogen-bond acceptors (Lipinski definition) is 6. The van der Waals surface area contributed by atoms with Gasteiger partial charge in [0.05, 0.1) is 30.7 Å². The van der Waals surface area contributed by atoms with Gasteiger partial charge in [0, 0.05) is 29.6 Å². The number of pyridine rings is 2. The molecule has 1 aromatic carbocycles. The van der Waals surface area contributed by atoms with Crippen LogP contribution in [-0.2, 0) is 0 Å². The number of benzene rings is 1. The SMILES string of the molecule is CCC(CCNC)COc1cnc(-c2cccc(C(C)n3cc(-c4cc(C)ccn4)ccc3=O)c2)nc1. The summed E-state index contributed by atoms with van der Waals surface area (Å²) in [5.41, 5.74) is 4.69. The maximum absolute atomic E-state index is 12.8. The first-order chi connectivity index (χ1) is 18.0. The summed E-state index contributed by atoms with van der Waals surface area (Å²) in [5, 5.41) is 3.19. The van der Waals surface area contributed by atoms with Crippen LogP contribution in [0.4, 0.5) is 0 Å². The van der Waals surface area contributed by atoms with E-state index in [0.29, 0.717) is 24.1 Å². The Labute approximate surface area is 218 Å². The van der Waals surface area contributed by atoms with E-state index < -0.39 is 0 Å². The summed E-state index contributed by atoms with van der Waals surface area (Å²) in [6, 6.07) is 15.2. The molecular weight excluding hydrogens is 462 g/mol. The number of nitrogens with zero attached hydrogens (tertiary/aromatic N) is 4. The Morgan fingerprint density at radius 3 is 2.57 bits per heavy atom. The topological polar surface area (TPSA) is 81.9 Å². The molecule has 7 heteroatoms. The summed E-state index contributed by atoms with van der Waals surface area (Å²) in [5.74, 6) is 1.78. The predicted octanol–water partition coefficient (Wildman–Crippen LogP) is 5.30. The van der Waals surface area contributed by atoms with Crippen LogP contribution in [-0.4, -0.2) is 39.7 Å². The Morgan fingerprint density at radius 2 is 1.84 bits per heavy atom. The van der Waals surface area contributed by atoms with Gasteiger partial charge in [0.1, 0.15) is 0 Å². The van der Waals surface area contributed by atoms with Gasteiger partial charge in [-0.2, -0.15) is 0 Å². The summed E-state index contributed by atoms with van der Waals surface area (Å²) < 4.78 is 7.68. The molecule has 7 nitrogen and oxygen atoms in total. The summed E-state index contributed by atoms with van der Waals surface area (Å²) >= 11 is 0. The van der Waals surface area contributed by atoms with Crippen LogP contribution < -0.4 is 15.6 Å². The largest absolute Gasteiger partial charge is 0.490 e. The highest BCUT2D eigenvalue weighted by Crippen LogP contribution is 2.25. The van der Waals surface area contributed by atoms with Crippen LogP contribution in [0.5, 0.6) is 5.75 Å². The molecule has 0 spiro atoms. The Hall–Kier alpha value is -3.84. The van der Waals surface area contributed by atoms with Crippen molar-refractivity contribution in [3.63, 3.8) is 0 Å². The lowest BCUT2D eigenvalue weighted by Crippen LogP contribution is -2.22. The Balaban J connectivity index is 1.51. The Bertz CT molecular complexity index is 1370. The number of nitrogens with one attached hydrogen (secondary N) is 1. The molecule has 0 aliphatic carbocycles. The highest BCUT2D eigenvalue weighted by atomic mass is 16.5. The van der Waals surface area contributed by atoms with Crippen LogP contribution in [0.3, 0.4) is 0 Å². The van der Waals surface area contributed by atoms with Crippen molar-refractivity contribution in [2.45, 2.75) is 39.7 Å². The molecule has 4 aromatic rings. The summed E-state index contributed by atoms with van der Waals surface area (Å²) in [7, 11) is 1.97. The molecule has 1 N–H and O–H groups in total. The maximum atomic E-state index is 12.8. The standard InChI is InChI=1S/C30H35N5O2/c1-5-23(12-13-31-4)20-37-27-17-33-30(34-18-27)25-8-6-7-24(16-25)22(3)35-19-26(9-10-29(35)36)28-15-21(2)11-14-32-28/h6-11,14-19,22-23,31H,5,12-13,20H2,1-4H3. The lowest BCUT2D eigenvalue weighted by atomic mass is 10.0. The van der Waals surface area contributed by atoms with Gasteiger partial charge in [-0.15, -0.1) is 0 Å². The molecule has 3 heterocycles. The molecule has 192 valence electrons. The minimum atomic E-state index is -0.177. The van der Waals surface area contributed by atoms with Gasteiger partial charge in [-0.25, -0.2) is 9.97 Å². The number of aromatic nitrogens is 4. The lowest BCUT2D eigenvalue weighted by molar-refractivity contribution is 0.234. The molecule has 0 saturated carbocycles. The number of aryl methyl sites for hydroxylation is 1. The first-order valence-electron chi connectivity index (χ1n) is 12.8. The zero-order chi connectivity index (χ0) is 26.2. The fourth-order valence-corrected chi connectivity index (χ4v) is 4.26. The van der Waals surface area contributed by atoms with Crippen LogP contribution in [0.15, 0.2) is 78.1 Å². The highest BCUT2D eigenvalue weighted by molar-refractivity contribution is 5.59. The van der Waals surface area contributed by atoms with E-state index in [1.165, 1.54) is 0 Å². The van der Waals surface area contributed by atoms with Gasteiger partial charge in [-0.05, 0) is 75.2 Å². The van der Waals surface area contributed by atoms with Gasteiger partial charge in [0.25, 0.3) is 5.56 Å². The molecule has 3 aromatic heterocycles. The third-order valence-electron chi connectivity index (χ3n) is 6.69. The second-order valence-electron chi connectivity index (χ2n) is 9.40. The van der Waals surface area contributed by atoms with Crippen LogP contribution in [0, 0.1) is 12.8 Å². The average molecular weight is 498 g/mol. The number of ether oxygens (including phenoxy) is 1. The molecule has 0 fully saturated rings. The summed E-state index contributed by atoms with van der Waals surface area (Å²) in [4.78, 5) is 26.3. The van der Waals surface area contributed by atoms with Gasteiger partial charge in [0.2, 0.25) is 0 Å². The maximum Gasteiger partial charge on any atom is 0.251 e. The Kier molecular flexibility index (Phi) is 8.80. The van der Waals surface area contributed by atoms with Gasteiger partial charge in [0.15, 0.2) is 11.6 Å². The van der Waals surface area contributed by atoms with E-state index >= 15 is 0 Å². The summed E-state index contributed by atoms with van der Waals surface area (Å²) in [6.07, 6.45) is 9.27. The van der Waals surface area contributed by atoms with Crippen molar-refractivity contribution in [3.05, 3.63) is 94.8 Å². The molecule has 0 radical (unpaired) electrons. The van der Waals surface area contributed by atoms with E-state index in [1.54, 1.807) is 29.2 Å². The third kappa shape index (κ3) is 6.68. The van der Waals surface area contributed by atoms with Crippen molar-refractivity contribution in [2.24, 2.45) is 5.92 Å². The molecule has 0 amide bonds. The molecule has 2 unspecified atom stereocenters. The molecule has 37 heavy (non-hydrogen) atoms. The van der Waals surface area contributed by atoms with Crippen molar-refractivity contribution in [1.29, 1.82) is 0 Å². The van der Waals surface area contributed by atoms with E-state index in [9.17, 15) is 4.79 Å². The molecule has 0 saturated heterocycles. The van der Waals surface area contributed by atoms with Crippen LogP contribution in [0.1, 0.15) is 43.9 Å². The molecule has 0 aliphatic rings. The smallest absolute Gasteiger partial charge is 0.251 e. The second kappa shape index (κ2) is 12.4. The van der Waals surface area contributed by atoms with Gasteiger partial charge >= 0.3 is 0 Å². The van der Waals surface area contributed by atoms with Crippen molar-refractivity contribution in [1.82, 2.24) is 24.8 Å². The predicted molar refractivity (Wildman–Crippen MR) is 148 cm³/mol. The third-order valence-corrected chi connectivity index (χ3v) is 6.69. The van der Waals surface area contributed by atoms with Crippen LogP contribution in [0.25, 0.3) is 22.6 Å². The fourth-order valence-electron chi connectivity index (χ4n) is 4.26. The van der Waals surface area contributed by atoms with E-state index in [1.807, 2.05) is 69.6 Å². The van der Waals surface area contributed by atoms with E-state index in [2.05, 4.69) is 27.2 Å².